The van der Waals surface area contributed by atoms with E-state index in [1.807, 2.05) is 0 Å². The molecule has 0 N–H and O–H groups in total. The minimum Gasteiger partial charge on any atom is -0.469 e. The second-order valence-electron chi connectivity index (χ2n) is 9.35. The highest BCUT2D eigenvalue weighted by Crippen LogP contribution is 2.37. The highest BCUT2D eigenvalue weighted by Gasteiger charge is 2.26. The average Bonchev–Trinajstić information content (AvgIpc) is 3.24. The zero-order valence-corrected chi connectivity index (χ0v) is 22.0. The minimum atomic E-state index is -0.0843. The number of hydrogen-bond donors (Lipinski definition) is 0. The van der Waals surface area contributed by atoms with Gasteiger partial charge in [-0.1, -0.05) is 67.3 Å². The first kappa shape index (κ1) is 27.1. The van der Waals surface area contributed by atoms with Crippen molar-refractivity contribution in [1.29, 1.82) is 0 Å². The molecule has 180 valence electrons. The van der Waals surface area contributed by atoms with Crippen LogP contribution in [0, 0.1) is 11.8 Å². The van der Waals surface area contributed by atoms with E-state index in [4.69, 9.17) is 14.2 Å². The summed E-state index contributed by atoms with van der Waals surface area (Å²) in [5, 5.41) is 0. The third-order valence-electron chi connectivity index (χ3n) is 6.82. The molecule has 5 atom stereocenters. The van der Waals surface area contributed by atoms with E-state index in [0.29, 0.717) is 16.3 Å². The average molecular weight is 549 g/mol. The van der Waals surface area contributed by atoms with Gasteiger partial charge in [0.1, 0.15) is 0 Å². The number of allylic oxidation sites excluding steroid dienone is 1. The number of alkyl halides is 1. The topological polar surface area (TPSA) is 44.8 Å². The maximum absolute atomic E-state index is 11.3. The van der Waals surface area contributed by atoms with E-state index in [0.717, 1.165) is 38.2 Å². The van der Waals surface area contributed by atoms with Crippen molar-refractivity contribution in [3.8, 4) is 0 Å². The SMILES string of the molecule is CCCCCC(C=C[C@H]1CCC[C@@H]1CCC(I)CCCC(=O)OC)OC1CCCCO1. The number of unbranched alkanes of at least 4 members (excludes halogenated alkanes) is 2. The van der Waals surface area contributed by atoms with Gasteiger partial charge >= 0.3 is 5.97 Å². The zero-order valence-electron chi connectivity index (χ0n) is 19.9. The van der Waals surface area contributed by atoms with E-state index in [9.17, 15) is 4.79 Å². The predicted molar refractivity (Wildman–Crippen MR) is 135 cm³/mol. The molecular weight excluding hydrogens is 503 g/mol. The lowest BCUT2D eigenvalue weighted by Gasteiger charge is -2.27. The first-order chi connectivity index (χ1) is 15.1. The lowest BCUT2D eigenvalue weighted by Crippen LogP contribution is -2.27. The van der Waals surface area contributed by atoms with Crippen LogP contribution < -0.4 is 0 Å². The Labute approximate surface area is 204 Å². The number of carbonyl (C=O) groups is 1. The Morgan fingerprint density at radius 2 is 1.97 bits per heavy atom. The van der Waals surface area contributed by atoms with E-state index in [1.54, 1.807) is 0 Å². The van der Waals surface area contributed by atoms with E-state index >= 15 is 0 Å². The summed E-state index contributed by atoms with van der Waals surface area (Å²) in [7, 11) is 1.47. The van der Waals surface area contributed by atoms with Crippen LogP contribution in [-0.2, 0) is 19.0 Å². The molecule has 0 spiro atoms. The van der Waals surface area contributed by atoms with Gasteiger partial charge in [0.2, 0.25) is 0 Å². The second kappa shape index (κ2) is 16.5. The second-order valence-corrected chi connectivity index (χ2v) is 11.1. The molecule has 0 aromatic carbocycles. The van der Waals surface area contributed by atoms with Gasteiger partial charge in [0.05, 0.1) is 13.2 Å². The number of halogens is 1. The van der Waals surface area contributed by atoms with Gasteiger partial charge in [-0.05, 0) is 76.0 Å². The number of esters is 1. The summed E-state index contributed by atoms with van der Waals surface area (Å²) in [6.45, 7) is 3.10. The van der Waals surface area contributed by atoms with Crippen LogP contribution in [0.15, 0.2) is 12.2 Å². The van der Waals surface area contributed by atoms with Crippen molar-refractivity contribution in [3.63, 3.8) is 0 Å². The number of methoxy groups -OCH3 is 1. The quantitative estimate of drug-likeness (QED) is 0.0705. The fourth-order valence-electron chi connectivity index (χ4n) is 4.87. The van der Waals surface area contributed by atoms with Gasteiger partial charge < -0.3 is 14.2 Å². The Morgan fingerprint density at radius 3 is 2.71 bits per heavy atom. The lowest BCUT2D eigenvalue weighted by atomic mass is 9.89. The van der Waals surface area contributed by atoms with Gasteiger partial charge in [-0.25, -0.2) is 0 Å². The van der Waals surface area contributed by atoms with Crippen molar-refractivity contribution >= 4 is 28.6 Å². The normalized spacial score (nSPS) is 26.2. The van der Waals surface area contributed by atoms with Gasteiger partial charge in [0.15, 0.2) is 6.29 Å². The standard InChI is InChI=1S/C26H45IO4/c1-3-4-5-13-24(31-26-15-6-7-20-30-26)19-17-22-11-8-10-21(22)16-18-23(27)12-9-14-25(28)29-2/h17,19,21-24,26H,3-16,18,20H2,1-2H3/t21-,22-,23?,24?,26?/m1/s1. The Hall–Kier alpha value is -0.140. The molecule has 0 radical (unpaired) electrons. The number of ether oxygens (including phenoxy) is 3. The van der Waals surface area contributed by atoms with Crippen LogP contribution in [0.2, 0.25) is 0 Å². The van der Waals surface area contributed by atoms with Crippen molar-refractivity contribution in [2.24, 2.45) is 11.8 Å². The maximum atomic E-state index is 11.3. The molecule has 0 aromatic heterocycles. The van der Waals surface area contributed by atoms with Crippen molar-refractivity contribution in [3.05, 3.63) is 12.2 Å². The van der Waals surface area contributed by atoms with Gasteiger partial charge in [-0.3, -0.25) is 4.79 Å². The van der Waals surface area contributed by atoms with Crippen LogP contribution in [0.4, 0.5) is 0 Å². The molecule has 1 heterocycles. The number of hydrogen-bond acceptors (Lipinski definition) is 4. The molecular formula is C26H45IO4. The molecule has 0 bridgehead atoms. The number of carbonyl (C=O) groups excluding carboxylic acids is 1. The molecule has 2 fully saturated rings. The van der Waals surface area contributed by atoms with E-state index < -0.39 is 0 Å². The Balaban J connectivity index is 1.77. The third kappa shape index (κ3) is 11.5. The molecule has 0 aromatic rings. The summed E-state index contributed by atoms with van der Waals surface area (Å²) in [4.78, 5) is 11.3. The summed E-state index contributed by atoms with van der Waals surface area (Å²) in [5.74, 6) is 1.42. The fraction of sp³-hybridized carbons (Fsp3) is 0.885. The molecule has 1 aliphatic carbocycles. The van der Waals surface area contributed by atoms with Crippen LogP contribution in [0.1, 0.15) is 103 Å². The zero-order chi connectivity index (χ0) is 22.3. The smallest absolute Gasteiger partial charge is 0.305 e. The minimum absolute atomic E-state index is 0.00540. The monoisotopic (exact) mass is 548 g/mol. The van der Waals surface area contributed by atoms with Crippen molar-refractivity contribution in [2.75, 3.05) is 13.7 Å². The van der Waals surface area contributed by atoms with Crippen LogP contribution in [0.3, 0.4) is 0 Å². The first-order valence-corrected chi connectivity index (χ1v) is 14.0. The Morgan fingerprint density at radius 1 is 1.10 bits per heavy atom. The van der Waals surface area contributed by atoms with Gasteiger partial charge in [-0.2, -0.15) is 0 Å². The molecule has 1 saturated carbocycles. The number of rotatable bonds is 15. The van der Waals surface area contributed by atoms with Crippen molar-refractivity contribution in [1.82, 2.24) is 0 Å². The van der Waals surface area contributed by atoms with Crippen LogP contribution in [0.25, 0.3) is 0 Å². The molecule has 4 nitrogen and oxygen atoms in total. The van der Waals surface area contributed by atoms with Gasteiger partial charge in [-0.15, -0.1) is 0 Å². The Bertz CT molecular complexity index is 504. The molecule has 1 aliphatic heterocycles. The molecule has 3 unspecified atom stereocenters. The highest BCUT2D eigenvalue weighted by molar-refractivity contribution is 14.1. The van der Waals surface area contributed by atoms with E-state index in [2.05, 4.69) is 41.7 Å². The summed E-state index contributed by atoms with van der Waals surface area (Å²) in [5.41, 5.74) is 0. The van der Waals surface area contributed by atoms with Crippen molar-refractivity contribution < 1.29 is 19.0 Å². The van der Waals surface area contributed by atoms with Crippen LogP contribution in [-0.4, -0.2) is 36.0 Å². The lowest BCUT2D eigenvalue weighted by molar-refractivity contribution is -0.179. The summed E-state index contributed by atoms with van der Waals surface area (Å²) in [6, 6.07) is 0. The van der Waals surface area contributed by atoms with Crippen LogP contribution >= 0.6 is 22.6 Å². The predicted octanol–water partition coefficient (Wildman–Crippen LogP) is 7.38. The largest absolute Gasteiger partial charge is 0.469 e. The van der Waals surface area contributed by atoms with Gasteiger partial charge in [0, 0.05) is 17.0 Å². The first-order valence-electron chi connectivity index (χ1n) is 12.8. The molecule has 0 amide bonds. The van der Waals surface area contributed by atoms with Gasteiger partial charge in [0.25, 0.3) is 0 Å². The summed E-state index contributed by atoms with van der Waals surface area (Å²) in [6.07, 6.45) is 22.5. The third-order valence-corrected chi connectivity index (χ3v) is 8.07. The molecule has 5 heteroatoms. The van der Waals surface area contributed by atoms with Crippen LogP contribution in [0.5, 0.6) is 0 Å². The summed E-state index contributed by atoms with van der Waals surface area (Å²) >= 11 is 2.57. The van der Waals surface area contributed by atoms with Crippen molar-refractivity contribution in [2.45, 2.75) is 120 Å². The fourth-order valence-corrected chi connectivity index (χ4v) is 5.67. The highest BCUT2D eigenvalue weighted by atomic mass is 127. The molecule has 31 heavy (non-hydrogen) atoms. The summed E-state index contributed by atoms with van der Waals surface area (Å²) < 4.78 is 17.6. The maximum Gasteiger partial charge on any atom is 0.305 e. The van der Waals surface area contributed by atoms with E-state index in [-0.39, 0.29) is 18.4 Å². The molecule has 2 rings (SSSR count). The molecule has 2 aliphatic rings. The Kier molecular flexibility index (Phi) is 14.4. The molecule has 1 saturated heterocycles. The van der Waals surface area contributed by atoms with E-state index in [1.165, 1.54) is 71.3 Å².